The van der Waals surface area contributed by atoms with Gasteiger partial charge in [0, 0.05) is 12.1 Å². The summed E-state index contributed by atoms with van der Waals surface area (Å²) in [5.74, 6) is -2.88. The number of hydrogen-bond donors (Lipinski definition) is 0. The summed E-state index contributed by atoms with van der Waals surface area (Å²) < 4.78 is 43.9. The monoisotopic (exact) mass is 529 g/mol. The number of aliphatic imine (C=N–C) groups is 1. The number of rotatable bonds is 5. The zero-order valence-corrected chi connectivity index (χ0v) is 21.8. The summed E-state index contributed by atoms with van der Waals surface area (Å²) in [7, 11) is 0. The molecule has 2 aliphatic heterocycles. The number of carbonyl (C=O) groups is 1. The first-order valence-electron chi connectivity index (χ1n) is 12.8. The molecule has 198 valence electrons. The second-order valence-corrected chi connectivity index (χ2v) is 10.4. The van der Waals surface area contributed by atoms with Crippen LogP contribution in [0.5, 0.6) is 0 Å². The summed E-state index contributed by atoms with van der Waals surface area (Å²) in [5, 5.41) is 0. The molecule has 0 aliphatic carbocycles. The lowest BCUT2D eigenvalue weighted by Gasteiger charge is -2.34. The highest BCUT2D eigenvalue weighted by atomic mass is 19.2. The molecule has 0 spiro atoms. The van der Waals surface area contributed by atoms with Gasteiger partial charge in [-0.25, -0.2) is 23.1 Å². The van der Waals surface area contributed by atoms with E-state index in [1.807, 2.05) is 80.3 Å². The third kappa shape index (κ3) is 4.18. The van der Waals surface area contributed by atoms with Crippen LogP contribution in [-0.4, -0.2) is 44.9 Å². The van der Waals surface area contributed by atoms with Crippen molar-refractivity contribution in [3.63, 3.8) is 0 Å². The normalized spacial score (nSPS) is 15.8. The predicted molar refractivity (Wildman–Crippen MR) is 144 cm³/mol. The number of amides is 1. The number of halogens is 3. The lowest BCUT2D eigenvalue weighted by Crippen LogP contribution is -2.51. The van der Waals surface area contributed by atoms with Crippen LogP contribution in [0.4, 0.5) is 19.0 Å². The van der Waals surface area contributed by atoms with Crippen LogP contribution in [0.3, 0.4) is 0 Å². The molecule has 3 heterocycles. The highest BCUT2D eigenvalue weighted by Gasteiger charge is 2.45. The number of carbonyl (C=O) groups excluding carboxylic acids is 1. The molecule has 0 unspecified atom stereocenters. The van der Waals surface area contributed by atoms with E-state index in [2.05, 4.69) is 0 Å². The Kier molecular flexibility index (Phi) is 5.82. The highest BCUT2D eigenvalue weighted by Crippen LogP contribution is 2.39. The average molecular weight is 530 g/mol. The van der Waals surface area contributed by atoms with Crippen LogP contribution in [0.15, 0.2) is 71.7 Å². The van der Waals surface area contributed by atoms with E-state index in [4.69, 9.17) is 9.98 Å². The van der Waals surface area contributed by atoms with E-state index >= 15 is 0 Å². The molecule has 0 bridgehead atoms. The first-order valence-corrected chi connectivity index (χ1v) is 12.8. The van der Waals surface area contributed by atoms with Crippen molar-refractivity contribution in [2.24, 2.45) is 4.99 Å². The third-order valence-electron chi connectivity index (χ3n) is 7.03. The predicted octanol–water partition coefficient (Wildman–Crippen LogP) is 6.11. The minimum absolute atomic E-state index is 0.0319. The Bertz CT molecular complexity index is 1600. The molecule has 0 atom stereocenters. The van der Waals surface area contributed by atoms with Crippen LogP contribution in [0.1, 0.15) is 36.8 Å². The van der Waals surface area contributed by atoms with Crippen LogP contribution in [0, 0.1) is 17.5 Å². The van der Waals surface area contributed by atoms with Crippen molar-refractivity contribution in [3.05, 3.63) is 95.4 Å². The first kappa shape index (κ1) is 24.9. The number of aromatic nitrogens is 2. The zero-order chi connectivity index (χ0) is 27.5. The standard InChI is InChI=1S/C30H26F3N5O/c1-4-36-28(39)25-27(38-17-30(2,3)35-29(36)38)37(16-18-14-22(31)24(33)23(32)15-18)26(34-25)21-12-10-20(11-13-21)19-8-6-5-7-9-19/h5-15H,4,16-17H2,1-3H3. The van der Waals surface area contributed by atoms with E-state index in [9.17, 15) is 18.0 Å². The van der Waals surface area contributed by atoms with Crippen molar-refractivity contribution < 1.29 is 18.0 Å². The van der Waals surface area contributed by atoms with Crippen molar-refractivity contribution >= 4 is 17.7 Å². The minimum atomic E-state index is -1.52. The fourth-order valence-corrected chi connectivity index (χ4v) is 5.26. The minimum Gasteiger partial charge on any atom is -0.305 e. The molecule has 39 heavy (non-hydrogen) atoms. The lowest BCUT2D eigenvalue weighted by molar-refractivity contribution is 0.0841. The molecular weight excluding hydrogens is 503 g/mol. The SMILES string of the molecule is CCN1C(=O)c2nc(-c3ccc(-c4ccccc4)cc3)n(Cc3cc(F)c(F)c(F)c3)c2N2CC(C)(C)N=C12. The number of imidazole rings is 1. The molecule has 3 aromatic carbocycles. The Morgan fingerprint density at radius 2 is 1.51 bits per heavy atom. The lowest BCUT2D eigenvalue weighted by atomic mass is 10.0. The van der Waals surface area contributed by atoms with E-state index < -0.39 is 23.0 Å². The molecule has 6 rings (SSSR count). The van der Waals surface area contributed by atoms with Gasteiger partial charge in [0.25, 0.3) is 5.91 Å². The smallest absolute Gasteiger partial charge is 0.283 e. The van der Waals surface area contributed by atoms with Gasteiger partial charge in [-0.3, -0.25) is 14.6 Å². The van der Waals surface area contributed by atoms with Gasteiger partial charge in [0.1, 0.15) is 11.6 Å². The van der Waals surface area contributed by atoms with Crippen LogP contribution < -0.4 is 4.90 Å². The number of benzene rings is 3. The van der Waals surface area contributed by atoms with Gasteiger partial charge < -0.3 is 4.57 Å². The van der Waals surface area contributed by atoms with E-state index in [0.717, 1.165) is 28.8 Å². The molecule has 2 aliphatic rings. The maximum atomic E-state index is 14.2. The third-order valence-corrected chi connectivity index (χ3v) is 7.03. The molecule has 0 radical (unpaired) electrons. The Morgan fingerprint density at radius 3 is 2.15 bits per heavy atom. The number of guanidine groups is 1. The van der Waals surface area contributed by atoms with Gasteiger partial charge in [0.15, 0.2) is 23.1 Å². The van der Waals surface area contributed by atoms with Crippen LogP contribution in [-0.2, 0) is 6.54 Å². The second kappa shape index (κ2) is 9.11. The summed E-state index contributed by atoms with van der Waals surface area (Å²) >= 11 is 0. The Balaban J connectivity index is 1.53. The highest BCUT2D eigenvalue weighted by molar-refractivity contribution is 6.18. The van der Waals surface area contributed by atoms with Gasteiger partial charge in [-0.15, -0.1) is 0 Å². The summed E-state index contributed by atoms with van der Waals surface area (Å²) in [6.07, 6.45) is 0. The molecular formula is C30H26F3N5O. The maximum absolute atomic E-state index is 14.2. The average Bonchev–Trinajstić information content (AvgIpc) is 3.45. The van der Waals surface area contributed by atoms with Crippen LogP contribution >= 0.6 is 0 Å². The van der Waals surface area contributed by atoms with Crippen LogP contribution in [0.25, 0.3) is 22.5 Å². The Hall–Kier alpha value is -4.40. The number of hydrogen-bond acceptors (Lipinski definition) is 4. The zero-order valence-electron chi connectivity index (χ0n) is 21.8. The van der Waals surface area contributed by atoms with Crippen molar-refractivity contribution in [2.45, 2.75) is 32.9 Å². The van der Waals surface area contributed by atoms with Crippen molar-refractivity contribution in [1.29, 1.82) is 0 Å². The maximum Gasteiger partial charge on any atom is 0.283 e. The second-order valence-electron chi connectivity index (χ2n) is 10.4. The van der Waals surface area contributed by atoms with Gasteiger partial charge in [-0.1, -0.05) is 54.6 Å². The van der Waals surface area contributed by atoms with E-state index in [-0.39, 0.29) is 23.7 Å². The van der Waals surface area contributed by atoms with E-state index in [0.29, 0.717) is 30.7 Å². The fraction of sp³-hybridized carbons (Fsp3) is 0.233. The summed E-state index contributed by atoms with van der Waals surface area (Å²) in [4.78, 5) is 26.7. The van der Waals surface area contributed by atoms with Gasteiger partial charge in [0.05, 0.1) is 18.6 Å². The molecule has 1 amide bonds. The van der Waals surface area contributed by atoms with E-state index in [1.54, 1.807) is 9.47 Å². The Morgan fingerprint density at radius 1 is 0.897 bits per heavy atom. The molecule has 0 N–H and O–H groups in total. The fourth-order valence-electron chi connectivity index (χ4n) is 5.26. The molecule has 0 fully saturated rings. The Labute approximate surface area is 224 Å². The molecule has 0 saturated heterocycles. The van der Waals surface area contributed by atoms with E-state index in [1.165, 1.54) is 0 Å². The van der Waals surface area contributed by atoms with Crippen molar-refractivity contribution in [3.8, 4) is 22.5 Å². The van der Waals surface area contributed by atoms with Gasteiger partial charge >= 0.3 is 0 Å². The summed E-state index contributed by atoms with van der Waals surface area (Å²) in [5.41, 5.74) is 2.76. The molecule has 6 nitrogen and oxygen atoms in total. The number of anilines is 1. The molecule has 1 aromatic heterocycles. The van der Waals surface area contributed by atoms with Gasteiger partial charge in [-0.05, 0) is 49.6 Å². The first-order chi connectivity index (χ1) is 18.7. The van der Waals surface area contributed by atoms with Gasteiger partial charge in [0.2, 0.25) is 5.96 Å². The molecule has 0 saturated carbocycles. The number of nitrogens with zero attached hydrogens (tertiary/aromatic N) is 5. The van der Waals surface area contributed by atoms with Crippen molar-refractivity contribution in [1.82, 2.24) is 14.5 Å². The summed E-state index contributed by atoms with van der Waals surface area (Å²) in [6, 6.07) is 19.6. The largest absolute Gasteiger partial charge is 0.305 e. The molecule has 9 heteroatoms. The summed E-state index contributed by atoms with van der Waals surface area (Å²) in [6.45, 7) is 6.69. The number of fused-ring (bicyclic) bond motifs is 3. The van der Waals surface area contributed by atoms with Crippen LogP contribution in [0.2, 0.25) is 0 Å². The topological polar surface area (TPSA) is 53.7 Å². The van der Waals surface area contributed by atoms with Crippen molar-refractivity contribution in [2.75, 3.05) is 18.0 Å². The van der Waals surface area contributed by atoms with Gasteiger partial charge in [-0.2, -0.15) is 0 Å². The quantitative estimate of drug-likeness (QED) is 0.293. The molecule has 4 aromatic rings.